The molecule has 2 aliphatic rings. The van der Waals surface area contributed by atoms with Gasteiger partial charge in [-0.2, -0.15) is 0 Å². The van der Waals surface area contributed by atoms with Crippen molar-refractivity contribution in [2.45, 2.75) is 65.3 Å². The maximum absolute atomic E-state index is 2.78. The molecule has 0 amide bonds. The maximum Gasteiger partial charge on any atom is 0.0113 e. The van der Waals surface area contributed by atoms with Crippen molar-refractivity contribution in [2.75, 3.05) is 32.7 Å². The van der Waals surface area contributed by atoms with Crippen LogP contribution in [-0.4, -0.2) is 48.6 Å². The van der Waals surface area contributed by atoms with Gasteiger partial charge in [0, 0.05) is 38.8 Å². The predicted molar refractivity (Wildman–Crippen MR) is 79.0 cm³/mol. The summed E-state index contributed by atoms with van der Waals surface area (Å²) in [5.41, 5.74) is 0.449. The second-order valence-corrected chi connectivity index (χ2v) is 7.52. The highest BCUT2D eigenvalue weighted by atomic mass is 15.3. The zero-order valence-electron chi connectivity index (χ0n) is 12.7. The first-order valence-corrected chi connectivity index (χ1v) is 8.01. The smallest absolute Gasteiger partial charge is 0.0113 e. The van der Waals surface area contributed by atoms with Gasteiger partial charge < -0.3 is 4.90 Å². The Morgan fingerprint density at radius 3 is 1.89 bits per heavy atom. The molecule has 0 atom stereocenters. The van der Waals surface area contributed by atoms with Gasteiger partial charge in [0.05, 0.1) is 0 Å². The molecule has 0 spiro atoms. The van der Waals surface area contributed by atoms with Crippen molar-refractivity contribution in [3.05, 3.63) is 0 Å². The minimum Gasteiger partial charge on any atom is -0.300 e. The zero-order chi connectivity index (χ0) is 13.0. The van der Waals surface area contributed by atoms with E-state index >= 15 is 0 Å². The third kappa shape index (κ3) is 4.55. The van der Waals surface area contributed by atoms with Crippen LogP contribution in [-0.2, 0) is 0 Å². The topological polar surface area (TPSA) is 6.48 Å². The van der Waals surface area contributed by atoms with Crippen molar-refractivity contribution >= 4 is 0 Å². The summed E-state index contributed by atoms with van der Waals surface area (Å²) >= 11 is 0. The zero-order valence-corrected chi connectivity index (χ0v) is 12.7. The van der Waals surface area contributed by atoms with Crippen molar-refractivity contribution in [2.24, 2.45) is 5.41 Å². The van der Waals surface area contributed by atoms with Gasteiger partial charge in [0.15, 0.2) is 0 Å². The minimum atomic E-state index is 0.449. The molecule has 0 aromatic carbocycles. The first-order valence-electron chi connectivity index (χ1n) is 8.01. The van der Waals surface area contributed by atoms with Crippen LogP contribution < -0.4 is 0 Å². The molecule has 0 N–H and O–H groups in total. The van der Waals surface area contributed by atoms with Gasteiger partial charge in [0.25, 0.3) is 0 Å². The van der Waals surface area contributed by atoms with Crippen molar-refractivity contribution in [1.29, 1.82) is 0 Å². The molecule has 2 rings (SSSR count). The molecule has 106 valence electrons. The summed E-state index contributed by atoms with van der Waals surface area (Å²) in [5, 5.41) is 0. The van der Waals surface area contributed by atoms with E-state index in [4.69, 9.17) is 0 Å². The van der Waals surface area contributed by atoms with Gasteiger partial charge in [-0.15, -0.1) is 0 Å². The van der Waals surface area contributed by atoms with Crippen LogP contribution in [0.4, 0.5) is 0 Å². The molecule has 0 aromatic rings. The molecule has 2 nitrogen and oxygen atoms in total. The highest BCUT2D eigenvalue weighted by Gasteiger charge is 2.26. The average molecular weight is 252 g/mol. The summed E-state index contributed by atoms with van der Waals surface area (Å²) in [4.78, 5) is 5.44. The van der Waals surface area contributed by atoms with Gasteiger partial charge in [-0.1, -0.05) is 46.5 Å². The molecule has 0 unspecified atom stereocenters. The summed E-state index contributed by atoms with van der Waals surface area (Å²) in [5.74, 6) is 0. The fourth-order valence-corrected chi connectivity index (χ4v) is 3.58. The molecule has 0 bridgehead atoms. The van der Waals surface area contributed by atoms with E-state index < -0.39 is 0 Å². The van der Waals surface area contributed by atoms with E-state index in [1.54, 1.807) is 0 Å². The molecule has 2 heteroatoms. The van der Waals surface area contributed by atoms with Crippen LogP contribution in [0.1, 0.15) is 59.3 Å². The highest BCUT2D eigenvalue weighted by Crippen LogP contribution is 2.23. The lowest BCUT2D eigenvalue weighted by Crippen LogP contribution is -2.51. The fourth-order valence-electron chi connectivity index (χ4n) is 3.58. The van der Waals surface area contributed by atoms with E-state index in [1.165, 1.54) is 71.2 Å². The molecule has 1 heterocycles. The van der Waals surface area contributed by atoms with Crippen molar-refractivity contribution in [3.63, 3.8) is 0 Å². The maximum atomic E-state index is 2.78. The third-order valence-electron chi connectivity index (χ3n) is 4.45. The quantitative estimate of drug-likeness (QED) is 0.695. The van der Waals surface area contributed by atoms with Gasteiger partial charge in [-0.25, -0.2) is 0 Å². The summed E-state index contributed by atoms with van der Waals surface area (Å²) in [6.07, 6.45) is 8.79. The second kappa shape index (κ2) is 6.38. The highest BCUT2D eigenvalue weighted by molar-refractivity contribution is 4.81. The van der Waals surface area contributed by atoms with Gasteiger partial charge in [0.2, 0.25) is 0 Å². The standard InChI is InChI=1S/C16H32N2/c1-16(2,3)14-17-10-12-18(13-11-17)15-8-6-4-5-7-9-15/h15H,4-14H2,1-3H3. The summed E-state index contributed by atoms with van der Waals surface area (Å²) in [6.45, 7) is 13.5. The predicted octanol–water partition coefficient (Wildman–Crippen LogP) is 3.37. The minimum absolute atomic E-state index is 0.449. The van der Waals surface area contributed by atoms with Gasteiger partial charge >= 0.3 is 0 Å². The van der Waals surface area contributed by atoms with Crippen LogP contribution in [0.2, 0.25) is 0 Å². The Hall–Kier alpha value is -0.0800. The monoisotopic (exact) mass is 252 g/mol. The van der Waals surface area contributed by atoms with Crippen LogP contribution in [0.3, 0.4) is 0 Å². The fraction of sp³-hybridized carbons (Fsp3) is 1.00. The number of rotatable bonds is 2. The van der Waals surface area contributed by atoms with E-state index in [0.717, 1.165) is 6.04 Å². The van der Waals surface area contributed by atoms with Crippen LogP contribution in [0.15, 0.2) is 0 Å². The molecule has 1 saturated heterocycles. The van der Waals surface area contributed by atoms with Crippen LogP contribution >= 0.6 is 0 Å². The summed E-state index contributed by atoms with van der Waals surface area (Å²) in [6, 6.07) is 0.907. The first-order chi connectivity index (χ1) is 8.54. The summed E-state index contributed by atoms with van der Waals surface area (Å²) in [7, 11) is 0. The largest absolute Gasteiger partial charge is 0.300 e. The summed E-state index contributed by atoms with van der Waals surface area (Å²) < 4.78 is 0. The van der Waals surface area contributed by atoms with Gasteiger partial charge in [-0.05, 0) is 18.3 Å². The molecule has 18 heavy (non-hydrogen) atoms. The third-order valence-corrected chi connectivity index (χ3v) is 4.45. The molecule has 1 aliphatic heterocycles. The van der Waals surface area contributed by atoms with Crippen LogP contribution in [0, 0.1) is 5.41 Å². The molecule has 1 aliphatic carbocycles. The molecule has 0 aromatic heterocycles. The van der Waals surface area contributed by atoms with Crippen molar-refractivity contribution < 1.29 is 0 Å². The van der Waals surface area contributed by atoms with Gasteiger partial charge in [0.1, 0.15) is 0 Å². The SMILES string of the molecule is CC(C)(C)CN1CCN(C2CCCCCC2)CC1. The number of nitrogens with zero attached hydrogens (tertiary/aromatic N) is 2. The van der Waals surface area contributed by atoms with Crippen molar-refractivity contribution in [1.82, 2.24) is 9.80 Å². The van der Waals surface area contributed by atoms with Crippen LogP contribution in [0.25, 0.3) is 0 Å². The van der Waals surface area contributed by atoms with E-state index in [1.807, 2.05) is 0 Å². The van der Waals surface area contributed by atoms with E-state index in [-0.39, 0.29) is 0 Å². The second-order valence-electron chi connectivity index (χ2n) is 7.52. The van der Waals surface area contributed by atoms with Crippen molar-refractivity contribution in [3.8, 4) is 0 Å². The molecule has 1 saturated carbocycles. The Kier molecular flexibility index (Phi) is 5.08. The number of hydrogen-bond donors (Lipinski definition) is 0. The first kappa shape index (κ1) is 14.3. The normalized spacial score (nSPS) is 26.2. The lowest BCUT2D eigenvalue weighted by Gasteiger charge is -2.41. The lowest BCUT2D eigenvalue weighted by atomic mass is 9.95. The molecule has 2 fully saturated rings. The Morgan fingerprint density at radius 2 is 1.39 bits per heavy atom. The number of piperazine rings is 1. The lowest BCUT2D eigenvalue weighted by molar-refractivity contribution is 0.0702. The van der Waals surface area contributed by atoms with E-state index in [9.17, 15) is 0 Å². The average Bonchev–Trinajstić information content (AvgIpc) is 2.56. The molecule has 0 radical (unpaired) electrons. The van der Waals surface area contributed by atoms with E-state index in [0.29, 0.717) is 5.41 Å². The number of hydrogen-bond acceptors (Lipinski definition) is 2. The Bertz CT molecular complexity index is 228. The molecular formula is C16H32N2. The van der Waals surface area contributed by atoms with Gasteiger partial charge in [-0.3, -0.25) is 4.90 Å². The van der Waals surface area contributed by atoms with E-state index in [2.05, 4.69) is 30.6 Å². The molecular weight excluding hydrogens is 220 g/mol. The Morgan fingerprint density at radius 1 is 0.833 bits per heavy atom. The Balaban J connectivity index is 1.75. The Labute approximate surface area is 114 Å². The van der Waals surface area contributed by atoms with Crippen LogP contribution in [0.5, 0.6) is 0 Å².